The van der Waals surface area contributed by atoms with Crippen molar-refractivity contribution in [3.05, 3.63) is 65.5 Å². The molecule has 1 N–H and O–H groups in total. The Labute approximate surface area is 154 Å². The second kappa shape index (κ2) is 8.32. The van der Waals surface area contributed by atoms with Crippen LogP contribution in [-0.4, -0.2) is 43.0 Å². The van der Waals surface area contributed by atoms with Gasteiger partial charge in [0, 0.05) is 38.4 Å². The van der Waals surface area contributed by atoms with Gasteiger partial charge in [-0.1, -0.05) is 24.3 Å². The number of nitrogens with one attached hydrogen (secondary N) is 1. The molecule has 2 aromatic carbocycles. The van der Waals surface area contributed by atoms with Crippen LogP contribution in [0.5, 0.6) is 0 Å². The van der Waals surface area contributed by atoms with Crippen LogP contribution >= 0.6 is 0 Å². The van der Waals surface area contributed by atoms with E-state index in [1.165, 1.54) is 23.4 Å². The van der Waals surface area contributed by atoms with Gasteiger partial charge in [0.15, 0.2) is 0 Å². The highest BCUT2D eigenvalue weighted by Gasteiger charge is 2.25. The number of anilines is 1. The first-order valence-electron chi connectivity index (χ1n) is 9.11. The quantitative estimate of drug-likeness (QED) is 0.896. The van der Waals surface area contributed by atoms with E-state index >= 15 is 0 Å². The van der Waals surface area contributed by atoms with Gasteiger partial charge in [-0.3, -0.25) is 9.69 Å². The maximum Gasteiger partial charge on any atom is 0.237 e. The van der Waals surface area contributed by atoms with Crippen LogP contribution in [0.1, 0.15) is 18.1 Å². The van der Waals surface area contributed by atoms with E-state index in [1.54, 1.807) is 12.1 Å². The summed E-state index contributed by atoms with van der Waals surface area (Å²) < 4.78 is 12.9. The Morgan fingerprint density at radius 3 is 2.46 bits per heavy atom. The van der Waals surface area contributed by atoms with Gasteiger partial charge in [-0.2, -0.15) is 0 Å². The number of carbonyl (C=O) groups excluding carboxylic acids is 1. The van der Waals surface area contributed by atoms with Gasteiger partial charge in [0.05, 0.1) is 6.04 Å². The van der Waals surface area contributed by atoms with Crippen LogP contribution in [0.3, 0.4) is 0 Å². The van der Waals surface area contributed by atoms with Crippen molar-refractivity contribution in [2.24, 2.45) is 0 Å². The lowest BCUT2D eigenvalue weighted by Crippen LogP contribution is -2.53. The Bertz CT molecular complexity index is 739. The Morgan fingerprint density at radius 2 is 1.81 bits per heavy atom. The van der Waals surface area contributed by atoms with Crippen LogP contribution in [0, 0.1) is 12.7 Å². The molecule has 3 rings (SSSR count). The third-order valence-corrected chi connectivity index (χ3v) is 4.99. The van der Waals surface area contributed by atoms with Gasteiger partial charge >= 0.3 is 0 Å². The molecule has 1 saturated heterocycles. The Kier molecular flexibility index (Phi) is 5.89. The number of amides is 1. The normalized spacial score (nSPS) is 16.3. The zero-order chi connectivity index (χ0) is 18.5. The molecule has 1 unspecified atom stereocenters. The first-order chi connectivity index (χ1) is 12.5. The van der Waals surface area contributed by atoms with Crippen molar-refractivity contribution in [3.63, 3.8) is 0 Å². The van der Waals surface area contributed by atoms with Gasteiger partial charge in [0.1, 0.15) is 5.82 Å². The second-order valence-corrected chi connectivity index (χ2v) is 6.88. The SMILES string of the molecule is Cc1cccc(N2CCN(C(C)C(=O)NCc3ccc(F)cc3)CC2)c1. The molecule has 0 bridgehead atoms. The van der Waals surface area contributed by atoms with E-state index in [2.05, 4.69) is 46.3 Å². The van der Waals surface area contributed by atoms with E-state index in [1.807, 2.05) is 6.92 Å². The average molecular weight is 355 g/mol. The van der Waals surface area contributed by atoms with Crippen molar-refractivity contribution in [3.8, 4) is 0 Å². The highest BCUT2D eigenvalue weighted by Crippen LogP contribution is 2.18. The first kappa shape index (κ1) is 18.4. The van der Waals surface area contributed by atoms with Crippen molar-refractivity contribution in [1.82, 2.24) is 10.2 Å². The molecule has 4 nitrogen and oxygen atoms in total. The maximum absolute atomic E-state index is 12.9. The lowest BCUT2D eigenvalue weighted by Gasteiger charge is -2.38. The van der Waals surface area contributed by atoms with Crippen molar-refractivity contribution >= 4 is 11.6 Å². The average Bonchev–Trinajstić information content (AvgIpc) is 2.67. The lowest BCUT2D eigenvalue weighted by molar-refractivity contribution is -0.126. The van der Waals surface area contributed by atoms with E-state index in [4.69, 9.17) is 0 Å². The maximum atomic E-state index is 12.9. The van der Waals surface area contributed by atoms with Crippen LogP contribution in [0.2, 0.25) is 0 Å². The van der Waals surface area contributed by atoms with E-state index in [0.29, 0.717) is 6.54 Å². The van der Waals surface area contributed by atoms with Crippen LogP contribution in [-0.2, 0) is 11.3 Å². The monoisotopic (exact) mass is 355 g/mol. The molecule has 1 atom stereocenters. The van der Waals surface area contributed by atoms with E-state index in [9.17, 15) is 9.18 Å². The fourth-order valence-corrected chi connectivity index (χ4v) is 3.30. The molecule has 26 heavy (non-hydrogen) atoms. The zero-order valence-corrected chi connectivity index (χ0v) is 15.4. The van der Waals surface area contributed by atoms with E-state index in [-0.39, 0.29) is 17.8 Å². The molecule has 0 saturated carbocycles. The van der Waals surface area contributed by atoms with Crippen molar-refractivity contribution in [2.75, 3.05) is 31.1 Å². The predicted octanol–water partition coefficient (Wildman–Crippen LogP) is 2.96. The first-order valence-corrected chi connectivity index (χ1v) is 9.11. The van der Waals surface area contributed by atoms with Gasteiger partial charge in [0.25, 0.3) is 0 Å². The summed E-state index contributed by atoms with van der Waals surface area (Å²) in [6, 6.07) is 14.6. The molecule has 0 aromatic heterocycles. The van der Waals surface area contributed by atoms with Gasteiger partial charge in [-0.25, -0.2) is 4.39 Å². The highest BCUT2D eigenvalue weighted by molar-refractivity contribution is 5.81. The minimum absolute atomic E-state index is 0.0123. The molecule has 1 aliphatic rings. The van der Waals surface area contributed by atoms with Crippen molar-refractivity contribution in [2.45, 2.75) is 26.4 Å². The number of nitrogens with zero attached hydrogens (tertiary/aromatic N) is 2. The zero-order valence-electron chi connectivity index (χ0n) is 15.4. The molecule has 1 fully saturated rings. The molecule has 1 amide bonds. The second-order valence-electron chi connectivity index (χ2n) is 6.88. The standard InChI is InChI=1S/C21H26FN3O/c1-16-4-3-5-20(14-16)25-12-10-24(11-13-25)17(2)21(26)23-15-18-6-8-19(22)9-7-18/h3-9,14,17H,10-13,15H2,1-2H3,(H,23,26). The van der Waals surface area contributed by atoms with Crippen LogP contribution in [0.25, 0.3) is 0 Å². The van der Waals surface area contributed by atoms with Gasteiger partial charge in [-0.05, 0) is 49.2 Å². The number of hydrogen-bond donors (Lipinski definition) is 1. The number of aryl methyl sites for hydroxylation is 1. The minimum Gasteiger partial charge on any atom is -0.369 e. The molecular formula is C21H26FN3O. The molecule has 0 radical (unpaired) electrons. The van der Waals surface area contributed by atoms with Crippen LogP contribution < -0.4 is 10.2 Å². The Hall–Kier alpha value is -2.40. The summed E-state index contributed by atoms with van der Waals surface area (Å²) in [4.78, 5) is 17.0. The summed E-state index contributed by atoms with van der Waals surface area (Å²) in [5.74, 6) is -0.252. The largest absolute Gasteiger partial charge is 0.369 e. The molecule has 1 heterocycles. The summed E-state index contributed by atoms with van der Waals surface area (Å²) in [7, 11) is 0. The number of benzene rings is 2. The van der Waals surface area contributed by atoms with Gasteiger partial charge in [0.2, 0.25) is 5.91 Å². The molecule has 1 aliphatic heterocycles. The van der Waals surface area contributed by atoms with E-state index in [0.717, 1.165) is 31.7 Å². The topological polar surface area (TPSA) is 35.6 Å². The molecule has 0 aliphatic carbocycles. The molecular weight excluding hydrogens is 329 g/mol. The Balaban J connectivity index is 1.48. The predicted molar refractivity (Wildman–Crippen MR) is 103 cm³/mol. The van der Waals surface area contributed by atoms with E-state index < -0.39 is 0 Å². The number of rotatable bonds is 5. The number of hydrogen-bond acceptors (Lipinski definition) is 3. The summed E-state index contributed by atoms with van der Waals surface area (Å²) >= 11 is 0. The third kappa shape index (κ3) is 4.61. The van der Waals surface area contributed by atoms with Crippen molar-refractivity contribution in [1.29, 1.82) is 0 Å². The Morgan fingerprint density at radius 1 is 1.12 bits per heavy atom. The molecule has 5 heteroatoms. The molecule has 2 aromatic rings. The summed E-state index contributed by atoms with van der Waals surface area (Å²) in [5, 5.41) is 2.95. The fraction of sp³-hybridized carbons (Fsp3) is 0.381. The molecule has 138 valence electrons. The smallest absolute Gasteiger partial charge is 0.237 e. The third-order valence-electron chi connectivity index (χ3n) is 4.99. The summed E-state index contributed by atoms with van der Waals surface area (Å²) in [6.07, 6.45) is 0. The summed E-state index contributed by atoms with van der Waals surface area (Å²) in [6.45, 7) is 8.03. The van der Waals surface area contributed by atoms with Gasteiger partial charge in [-0.15, -0.1) is 0 Å². The molecule has 0 spiro atoms. The minimum atomic E-state index is -0.264. The lowest BCUT2D eigenvalue weighted by atomic mass is 10.1. The number of piperazine rings is 1. The summed E-state index contributed by atoms with van der Waals surface area (Å²) in [5.41, 5.74) is 3.41. The number of carbonyl (C=O) groups is 1. The van der Waals surface area contributed by atoms with Crippen LogP contribution in [0.4, 0.5) is 10.1 Å². The van der Waals surface area contributed by atoms with Crippen LogP contribution in [0.15, 0.2) is 48.5 Å². The highest BCUT2D eigenvalue weighted by atomic mass is 19.1. The van der Waals surface area contributed by atoms with Gasteiger partial charge < -0.3 is 10.2 Å². The number of halogens is 1. The van der Waals surface area contributed by atoms with Crippen molar-refractivity contribution < 1.29 is 9.18 Å². The fourth-order valence-electron chi connectivity index (χ4n) is 3.30.